The Morgan fingerprint density at radius 2 is 2.03 bits per heavy atom. The van der Waals surface area contributed by atoms with E-state index in [0.717, 1.165) is 16.7 Å². The lowest BCUT2D eigenvalue weighted by molar-refractivity contribution is -0.137. The number of carbonyl (C=O) groups excluding carboxylic acids is 1. The molecule has 0 spiro atoms. The summed E-state index contributed by atoms with van der Waals surface area (Å²) in [7, 11) is 1.89. The zero-order valence-corrected chi connectivity index (χ0v) is 19.4. The van der Waals surface area contributed by atoms with Gasteiger partial charge in [-0.2, -0.15) is 4.98 Å². The van der Waals surface area contributed by atoms with Gasteiger partial charge in [-0.15, -0.1) is 0 Å². The standard InChI is InChI=1S/C23H21N3O5S2/c1-25(22-24-17-4-2-3-5-18(17)31-22)12-13-30-16-8-6-15(7-9-16)14-19-21(29)26(23(32)33-19)11-10-20(27)28/h2-9,14H,10-13H2,1H3,(H,27,28)/b19-14-. The van der Waals surface area contributed by atoms with Crippen molar-refractivity contribution in [2.45, 2.75) is 6.42 Å². The lowest BCUT2D eigenvalue weighted by Crippen LogP contribution is -2.30. The number of carboxylic acids is 1. The first kappa shape index (κ1) is 22.8. The molecule has 1 aliphatic rings. The Bertz CT molecular complexity index is 1190. The van der Waals surface area contributed by atoms with E-state index in [1.54, 1.807) is 6.08 Å². The number of benzene rings is 2. The molecule has 170 valence electrons. The largest absolute Gasteiger partial charge is 0.492 e. The Kier molecular flexibility index (Phi) is 6.95. The van der Waals surface area contributed by atoms with Crippen LogP contribution in [0.1, 0.15) is 12.0 Å². The number of fused-ring (bicyclic) bond motifs is 1. The second-order valence-electron chi connectivity index (χ2n) is 7.28. The highest BCUT2D eigenvalue weighted by Crippen LogP contribution is 2.32. The maximum Gasteiger partial charge on any atom is 0.305 e. The third kappa shape index (κ3) is 5.52. The molecule has 1 aliphatic heterocycles. The van der Waals surface area contributed by atoms with E-state index in [1.807, 2.05) is 60.5 Å². The van der Waals surface area contributed by atoms with Crippen molar-refractivity contribution >= 4 is 63.4 Å². The van der Waals surface area contributed by atoms with Gasteiger partial charge in [0.2, 0.25) is 0 Å². The van der Waals surface area contributed by atoms with Crippen molar-refractivity contribution in [1.82, 2.24) is 9.88 Å². The first-order valence-corrected chi connectivity index (χ1v) is 11.4. The molecule has 1 fully saturated rings. The normalized spacial score (nSPS) is 14.9. The van der Waals surface area contributed by atoms with Crippen molar-refractivity contribution in [2.24, 2.45) is 0 Å². The van der Waals surface area contributed by atoms with Crippen molar-refractivity contribution < 1.29 is 23.8 Å². The second kappa shape index (κ2) is 10.1. The molecule has 10 heteroatoms. The first-order chi connectivity index (χ1) is 15.9. The number of rotatable bonds is 9. The molecule has 0 unspecified atom stereocenters. The number of carbonyl (C=O) groups is 2. The number of thioether (sulfide) groups is 1. The summed E-state index contributed by atoms with van der Waals surface area (Å²) < 4.78 is 11.9. The molecule has 8 nitrogen and oxygen atoms in total. The molecular weight excluding hydrogens is 462 g/mol. The molecule has 33 heavy (non-hydrogen) atoms. The number of aliphatic carboxylic acids is 1. The van der Waals surface area contributed by atoms with E-state index in [-0.39, 0.29) is 18.9 Å². The van der Waals surface area contributed by atoms with Gasteiger partial charge in [0.1, 0.15) is 22.2 Å². The van der Waals surface area contributed by atoms with Gasteiger partial charge in [0.15, 0.2) is 5.58 Å². The summed E-state index contributed by atoms with van der Waals surface area (Å²) in [5.41, 5.74) is 2.38. The lowest BCUT2D eigenvalue weighted by atomic mass is 10.2. The molecule has 4 rings (SSSR count). The molecule has 2 aromatic carbocycles. The summed E-state index contributed by atoms with van der Waals surface area (Å²) >= 11 is 6.38. The molecule has 0 aliphatic carbocycles. The number of aromatic nitrogens is 1. The third-order valence-corrected chi connectivity index (χ3v) is 6.28. The molecule has 0 radical (unpaired) electrons. The van der Waals surface area contributed by atoms with Crippen LogP contribution in [0, 0.1) is 0 Å². The van der Waals surface area contributed by atoms with E-state index in [2.05, 4.69) is 4.98 Å². The zero-order valence-electron chi connectivity index (χ0n) is 17.8. The molecule has 1 aromatic heterocycles. The monoisotopic (exact) mass is 483 g/mol. The van der Waals surface area contributed by atoms with E-state index in [0.29, 0.717) is 34.1 Å². The van der Waals surface area contributed by atoms with Gasteiger partial charge < -0.3 is 19.2 Å². The topological polar surface area (TPSA) is 96.1 Å². The van der Waals surface area contributed by atoms with Crippen LogP contribution in [0.15, 0.2) is 57.9 Å². The number of anilines is 1. The maximum absolute atomic E-state index is 12.5. The Morgan fingerprint density at radius 1 is 1.27 bits per heavy atom. The fraction of sp³-hybridized carbons (Fsp3) is 0.217. The lowest BCUT2D eigenvalue weighted by Gasteiger charge is -2.14. The quantitative estimate of drug-likeness (QED) is 0.358. The maximum atomic E-state index is 12.5. The van der Waals surface area contributed by atoms with Crippen molar-refractivity contribution in [2.75, 3.05) is 31.6 Å². The highest BCUT2D eigenvalue weighted by Gasteiger charge is 2.32. The number of hydrogen-bond donors (Lipinski definition) is 1. The van der Waals surface area contributed by atoms with Gasteiger partial charge in [-0.1, -0.05) is 48.2 Å². The minimum atomic E-state index is -0.969. The van der Waals surface area contributed by atoms with Crippen LogP contribution in [-0.4, -0.2) is 57.9 Å². The molecular formula is C23H21N3O5S2. The third-order valence-electron chi connectivity index (χ3n) is 4.91. The summed E-state index contributed by atoms with van der Waals surface area (Å²) in [6.45, 7) is 1.10. The number of ether oxygens (including phenoxy) is 1. The van der Waals surface area contributed by atoms with Gasteiger partial charge in [-0.3, -0.25) is 14.5 Å². The Morgan fingerprint density at radius 3 is 2.76 bits per heavy atom. The van der Waals surface area contributed by atoms with Crippen LogP contribution in [0.4, 0.5) is 6.01 Å². The summed E-state index contributed by atoms with van der Waals surface area (Å²) in [5.74, 6) is -0.537. The van der Waals surface area contributed by atoms with Crippen LogP contribution in [0.3, 0.4) is 0 Å². The smallest absolute Gasteiger partial charge is 0.305 e. The van der Waals surface area contributed by atoms with Crippen LogP contribution in [-0.2, 0) is 9.59 Å². The summed E-state index contributed by atoms with van der Waals surface area (Å²) in [6, 6.07) is 15.5. The van der Waals surface area contributed by atoms with Crippen molar-refractivity contribution in [1.29, 1.82) is 0 Å². The minimum Gasteiger partial charge on any atom is -0.492 e. The SMILES string of the molecule is CN(CCOc1ccc(/C=C2\SC(=S)N(CCC(=O)O)C2=O)cc1)c1nc2ccccc2o1. The Balaban J connectivity index is 1.30. The number of para-hydroxylation sites is 2. The van der Waals surface area contributed by atoms with Crippen molar-refractivity contribution in [3.8, 4) is 5.75 Å². The fourth-order valence-electron chi connectivity index (χ4n) is 3.13. The molecule has 1 amide bonds. The fourth-order valence-corrected chi connectivity index (χ4v) is 4.44. The van der Waals surface area contributed by atoms with Gasteiger partial charge in [0.25, 0.3) is 11.9 Å². The average Bonchev–Trinajstić information content (AvgIpc) is 3.34. The molecule has 0 bridgehead atoms. The van der Waals surface area contributed by atoms with Crippen LogP contribution < -0.4 is 9.64 Å². The summed E-state index contributed by atoms with van der Waals surface area (Å²) in [4.78, 5) is 31.4. The van der Waals surface area contributed by atoms with Gasteiger partial charge >= 0.3 is 5.97 Å². The predicted octanol–water partition coefficient (Wildman–Crippen LogP) is 4.02. The van der Waals surface area contributed by atoms with Crippen LogP contribution in [0.5, 0.6) is 5.75 Å². The number of hydrogen-bond acceptors (Lipinski definition) is 8. The number of amides is 1. The van der Waals surface area contributed by atoms with Gasteiger partial charge in [-0.05, 0) is 35.9 Å². The van der Waals surface area contributed by atoms with Crippen LogP contribution >= 0.6 is 24.0 Å². The zero-order chi connectivity index (χ0) is 23.4. The number of carboxylic acid groups (broad SMARTS) is 1. The van der Waals surface area contributed by atoms with Gasteiger partial charge in [0.05, 0.1) is 17.9 Å². The van der Waals surface area contributed by atoms with E-state index in [9.17, 15) is 9.59 Å². The highest BCUT2D eigenvalue weighted by atomic mass is 32.2. The van der Waals surface area contributed by atoms with Gasteiger partial charge in [-0.25, -0.2) is 0 Å². The van der Waals surface area contributed by atoms with Crippen LogP contribution in [0.25, 0.3) is 17.2 Å². The van der Waals surface area contributed by atoms with Crippen LogP contribution in [0.2, 0.25) is 0 Å². The number of likely N-dealkylation sites (N-methyl/N-ethyl adjacent to an activating group) is 1. The second-order valence-corrected chi connectivity index (χ2v) is 8.96. The number of oxazole rings is 1. The molecule has 0 atom stereocenters. The number of nitrogens with zero attached hydrogens (tertiary/aromatic N) is 3. The van der Waals surface area contributed by atoms with E-state index < -0.39 is 5.97 Å². The Labute approximate surface area is 199 Å². The predicted molar refractivity (Wildman–Crippen MR) is 131 cm³/mol. The van der Waals surface area contributed by atoms with Crippen molar-refractivity contribution in [3.05, 3.63) is 59.0 Å². The molecule has 2 heterocycles. The number of thiocarbonyl (C=S) groups is 1. The van der Waals surface area contributed by atoms with E-state index >= 15 is 0 Å². The van der Waals surface area contributed by atoms with E-state index in [4.69, 9.17) is 26.5 Å². The Hall–Kier alpha value is -3.37. The van der Waals surface area contributed by atoms with E-state index in [1.165, 1.54) is 16.7 Å². The molecule has 1 saturated heterocycles. The average molecular weight is 484 g/mol. The van der Waals surface area contributed by atoms with Gasteiger partial charge in [0, 0.05) is 13.6 Å². The van der Waals surface area contributed by atoms with Crippen molar-refractivity contribution in [3.63, 3.8) is 0 Å². The highest BCUT2D eigenvalue weighted by molar-refractivity contribution is 8.26. The minimum absolute atomic E-state index is 0.0715. The molecule has 1 N–H and O–H groups in total. The molecule has 0 saturated carbocycles. The molecule has 3 aromatic rings. The first-order valence-electron chi connectivity index (χ1n) is 10.2. The summed E-state index contributed by atoms with van der Waals surface area (Å²) in [6.07, 6.45) is 1.60. The summed E-state index contributed by atoms with van der Waals surface area (Å²) in [5, 5.41) is 8.83.